The molecule has 0 bridgehead atoms. The Morgan fingerprint density at radius 3 is 2.56 bits per heavy atom. The molecule has 6 heteroatoms. The highest BCUT2D eigenvalue weighted by molar-refractivity contribution is 8.00. The van der Waals surface area contributed by atoms with Gasteiger partial charge < -0.3 is 10.0 Å². The minimum Gasteiger partial charge on any atom is -0.481 e. The van der Waals surface area contributed by atoms with Crippen molar-refractivity contribution in [2.45, 2.75) is 13.0 Å². The maximum Gasteiger partial charge on any atom is 0.313 e. The molecule has 98 valence electrons. The van der Waals surface area contributed by atoms with Gasteiger partial charge in [0.15, 0.2) is 0 Å². The molecule has 0 saturated carbocycles. The first kappa shape index (κ1) is 14.5. The highest BCUT2D eigenvalue weighted by Crippen LogP contribution is 2.18. The Kier molecular flexibility index (Phi) is 5.64. The molecule has 1 aromatic rings. The molecular weight excluding hydrogens is 252 g/mol. The van der Waals surface area contributed by atoms with E-state index in [4.69, 9.17) is 5.11 Å². The van der Waals surface area contributed by atoms with Crippen LogP contribution in [0.4, 0.5) is 0 Å². The average molecular weight is 268 g/mol. The monoisotopic (exact) mass is 268 g/mol. The largest absolute Gasteiger partial charge is 0.481 e. The summed E-state index contributed by atoms with van der Waals surface area (Å²) in [6, 6.07) is 3.67. The number of pyridine rings is 1. The van der Waals surface area contributed by atoms with Gasteiger partial charge in [-0.25, -0.2) is 0 Å². The van der Waals surface area contributed by atoms with E-state index in [0.717, 1.165) is 17.3 Å². The second-order valence-corrected chi connectivity index (χ2v) is 4.83. The van der Waals surface area contributed by atoms with Crippen molar-refractivity contribution in [1.29, 1.82) is 0 Å². The molecule has 0 radical (unpaired) electrons. The lowest BCUT2D eigenvalue weighted by atomic mass is 10.1. The van der Waals surface area contributed by atoms with E-state index in [1.54, 1.807) is 24.3 Å². The van der Waals surface area contributed by atoms with Crippen LogP contribution in [0.2, 0.25) is 0 Å². The smallest absolute Gasteiger partial charge is 0.313 e. The first-order valence-corrected chi connectivity index (χ1v) is 6.63. The van der Waals surface area contributed by atoms with E-state index in [2.05, 4.69) is 4.98 Å². The zero-order valence-corrected chi connectivity index (χ0v) is 11.2. The van der Waals surface area contributed by atoms with E-state index in [1.807, 2.05) is 19.1 Å². The minimum atomic E-state index is -0.905. The first-order chi connectivity index (χ1) is 8.52. The Morgan fingerprint density at radius 2 is 2.00 bits per heavy atom. The molecule has 1 aromatic heterocycles. The highest BCUT2D eigenvalue weighted by Gasteiger charge is 2.17. The summed E-state index contributed by atoms with van der Waals surface area (Å²) >= 11 is 1.11. The van der Waals surface area contributed by atoms with Gasteiger partial charge in [0.2, 0.25) is 5.91 Å². The van der Waals surface area contributed by atoms with Crippen molar-refractivity contribution < 1.29 is 14.7 Å². The number of carbonyl (C=O) groups excluding carboxylic acids is 1. The zero-order valence-electron chi connectivity index (χ0n) is 10.4. The summed E-state index contributed by atoms with van der Waals surface area (Å²) in [6.45, 7) is 1.93. The van der Waals surface area contributed by atoms with E-state index in [9.17, 15) is 9.59 Å². The molecule has 0 aliphatic heterocycles. The molecule has 0 spiro atoms. The lowest BCUT2D eigenvalue weighted by molar-refractivity contribution is -0.133. The van der Waals surface area contributed by atoms with Crippen molar-refractivity contribution >= 4 is 23.6 Å². The summed E-state index contributed by atoms with van der Waals surface area (Å²) in [5.41, 5.74) is 1.00. The number of rotatable bonds is 6. The number of carboxylic acids is 1. The van der Waals surface area contributed by atoms with Crippen LogP contribution in [-0.4, -0.2) is 45.4 Å². The quantitative estimate of drug-likeness (QED) is 0.845. The standard InChI is InChI=1S/C12H16N2O3S/c1-9(10-3-5-13-6-4-10)14(2)11(15)7-18-8-12(16)17/h3-6,9H,7-8H2,1-2H3,(H,16,17). The van der Waals surface area contributed by atoms with Crippen molar-refractivity contribution in [2.75, 3.05) is 18.6 Å². The number of aromatic nitrogens is 1. The van der Waals surface area contributed by atoms with Crippen LogP contribution in [0.25, 0.3) is 0 Å². The molecule has 1 amide bonds. The van der Waals surface area contributed by atoms with E-state index < -0.39 is 5.97 Å². The third kappa shape index (κ3) is 4.37. The van der Waals surface area contributed by atoms with Crippen molar-refractivity contribution in [1.82, 2.24) is 9.88 Å². The van der Waals surface area contributed by atoms with E-state index in [0.29, 0.717) is 0 Å². The Hall–Kier alpha value is -1.56. The van der Waals surface area contributed by atoms with Gasteiger partial charge in [0, 0.05) is 19.4 Å². The fourth-order valence-electron chi connectivity index (χ4n) is 1.41. The molecule has 1 rings (SSSR count). The van der Waals surface area contributed by atoms with E-state index >= 15 is 0 Å². The number of carboxylic acid groups (broad SMARTS) is 1. The maximum atomic E-state index is 11.8. The van der Waals surface area contributed by atoms with Crippen LogP contribution >= 0.6 is 11.8 Å². The molecule has 1 N–H and O–H groups in total. The molecule has 0 aliphatic rings. The number of hydrogen-bond acceptors (Lipinski definition) is 4. The van der Waals surface area contributed by atoms with Gasteiger partial charge in [-0.1, -0.05) is 0 Å². The van der Waals surface area contributed by atoms with Crippen LogP contribution in [0.5, 0.6) is 0 Å². The molecule has 0 aromatic carbocycles. The van der Waals surface area contributed by atoms with E-state index in [-0.39, 0.29) is 23.5 Å². The highest BCUT2D eigenvalue weighted by atomic mass is 32.2. The summed E-state index contributed by atoms with van der Waals surface area (Å²) in [6.07, 6.45) is 3.37. The summed E-state index contributed by atoms with van der Waals surface area (Å²) in [5.74, 6) is -0.857. The van der Waals surface area contributed by atoms with Crippen LogP contribution < -0.4 is 0 Å². The zero-order chi connectivity index (χ0) is 13.5. The fraction of sp³-hybridized carbons (Fsp3) is 0.417. The molecule has 0 saturated heterocycles. The van der Waals surface area contributed by atoms with Crippen molar-refractivity contribution in [2.24, 2.45) is 0 Å². The lowest BCUT2D eigenvalue weighted by Gasteiger charge is -2.25. The number of aliphatic carboxylic acids is 1. The van der Waals surface area contributed by atoms with E-state index in [1.165, 1.54) is 0 Å². The lowest BCUT2D eigenvalue weighted by Crippen LogP contribution is -2.31. The number of amides is 1. The SMILES string of the molecule is CC(c1ccncc1)N(C)C(=O)CSCC(=O)O. The normalized spacial score (nSPS) is 11.9. The summed E-state index contributed by atoms with van der Waals surface area (Å²) in [4.78, 5) is 27.7. The number of nitrogens with zero attached hydrogens (tertiary/aromatic N) is 2. The van der Waals surface area contributed by atoms with Crippen molar-refractivity contribution in [3.05, 3.63) is 30.1 Å². The third-order valence-corrected chi connectivity index (χ3v) is 3.52. The maximum absolute atomic E-state index is 11.8. The predicted octanol–water partition coefficient (Wildman–Crippen LogP) is 1.42. The van der Waals surface area contributed by atoms with Crippen LogP contribution in [0, 0.1) is 0 Å². The first-order valence-electron chi connectivity index (χ1n) is 5.47. The Morgan fingerprint density at radius 1 is 1.39 bits per heavy atom. The van der Waals surface area contributed by atoms with Crippen LogP contribution in [0.3, 0.4) is 0 Å². The second kappa shape index (κ2) is 7.00. The molecule has 18 heavy (non-hydrogen) atoms. The number of hydrogen-bond donors (Lipinski definition) is 1. The molecular formula is C12H16N2O3S. The molecule has 1 unspecified atom stereocenters. The molecule has 1 heterocycles. The van der Waals surface area contributed by atoms with Gasteiger partial charge in [0.25, 0.3) is 0 Å². The fourth-order valence-corrected chi connectivity index (χ4v) is 2.06. The van der Waals surface area contributed by atoms with Gasteiger partial charge in [0.1, 0.15) is 0 Å². The van der Waals surface area contributed by atoms with Gasteiger partial charge in [0.05, 0.1) is 17.5 Å². The summed E-state index contributed by atoms with van der Waals surface area (Å²) < 4.78 is 0. The van der Waals surface area contributed by atoms with Crippen LogP contribution in [-0.2, 0) is 9.59 Å². The Balaban J connectivity index is 2.50. The topological polar surface area (TPSA) is 70.5 Å². The van der Waals surface area contributed by atoms with Gasteiger partial charge in [-0.3, -0.25) is 14.6 Å². The van der Waals surface area contributed by atoms with Crippen molar-refractivity contribution in [3.63, 3.8) is 0 Å². The average Bonchev–Trinajstić information content (AvgIpc) is 2.37. The number of thioether (sulfide) groups is 1. The third-order valence-electron chi connectivity index (χ3n) is 2.61. The Labute approximate surface area is 110 Å². The van der Waals surface area contributed by atoms with Crippen LogP contribution in [0.15, 0.2) is 24.5 Å². The number of carbonyl (C=O) groups is 2. The van der Waals surface area contributed by atoms with Gasteiger partial charge >= 0.3 is 5.97 Å². The molecule has 0 aliphatic carbocycles. The van der Waals surface area contributed by atoms with Gasteiger partial charge in [-0.05, 0) is 24.6 Å². The second-order valence-electron chi connectivity index (χ2n) is 3.85. The van der Waals surface area contributed by atoms with Crippen molar-refractivity contribution in [3.8, 4) is 0 Å². The summed E-state index contributed by atoms with van der Waals surface area (Å²) in [5, 5.41) is 8.50. The van der Waals surface area contributed by atoms with Gasteiger partial charge in [-0.15, -0.1) is 11.8 Å². The van der Waals surface area contributed by atoms with Crippen LogP contribution in [0.1, 0.15) is 18.5 Å². The molecule has 5 nitrogen and oxygen atoms in total. The predicted molar refractivity (Wildman–Crippen MR) is 70.4 cm³/mol. The molecule has 1 atom stereocenters. The van der Waals surface area contributed by atoms with Gasteiger partial charge in [-0.2, -0.15) is 0 Å². The minimum absolute atomic E-state index is 0.0501. The molecule has 0 fully saturated rings. The summed E-state index contributed by atoms with van der Waals surface area (Å²) in [7, 11) is 1.72. The Bertz CT molecular complexity index is 411.